The van der Waals surface area contributed by atoms with Crippen LogP contribution in [0, 0.1) is 0 Å². The number of amides is 2. The maximum atomic E-state index is 12.3. The van der Waals surface area contributed by atoms with Gasteiger partial charge in [0.1, 0.15) is 0 Å². The summed E-state index contributed by atoms with van der Waals surface area (Å²) in [7, 11) is 0. The molecule has 1 fully saturated rings. The second-order valence-electron chi connectivity index (χ2n) is 8.90. The van der Waals surface area contributed by atoms with Crippen molar-refractivity contribution in [2.24, 2.45) is 5.10 Å². The minimum Gasteiger partial charge on any atom is -0.353 e. The van der Waals surface area contributed by atoms with Gasteiger partial charge in [-0.05, 0) is 42.9 Å². The van der Waals surface area contributed by atoms with Crippen molar-refractivity contribution in [1.29, 1.82) is 0 Å². The normalized spacial score (nSPS) is 16.8. The van der Waals surface area contributed by atoms with Gasteiger partial charge in [0, 0.05) is 17.3 Å². The van der Waals surface area contributed by atoms with E-state index in [1.54, 1.807) is 6.92 Å². The molecule has 0 heterocycles. The molecule has 1 aromatic rings. The van der Waals surface area contributed by atoms with Gasteiger partial charge in [0.05, 0.1) is 6.42 Å². The van der Waals surface area contributed by atoms with E-state index in [1.165, 1.54) is 37.7 Å². The van der Waals surface area contributed by atoms with Crippen molar-refractivity contribution in [3.8, 4) is 0 Å². The number of nitrogens with zero attached hydrogens (tertiary/aromatic N) is 1. The van der Waals surface area contributed by atoms with Crippen molar-refractivity contribution in [3.05, 3.63) is 35.4 Å². The first kappa shape index (κ1) is 22.1. The van der Waals surface area contributed by atoms with Gasteiger partial charge < -0.3 is 5.32 Å². The van der Waals surface area contributed by atoms with Gasteiger partial charge in [0.15, 0.2) is 0 Å². The molecule has 0 saturated heterocycles. The predicted molar refractivity (Wildman–Crippen MR) is 115 cm³/mol. The molecule has 1 aliphatic carbocycles. The first-order valence-corrected chi connectivity index (χ1v) is 10.5. The summed E-state index contributed by atoms with van der Waals surface area (Å²) in [6.07, 6.45) is 8.52. The van der Waals surface area contributed by atoms with Crippen LogP contribution in [0.25, 0.3) is 0 Å². The highest BCUT2D eigenvalue weighted by atomic mass is 16.2. The summed E-state index contributed by atoms with van der Waals surface area (Å²) in [5.41, 5.74) is 4.94. The van der Waals surface area contributed by atoms with Crippen molar-refractivity contribution < 1.29 is 9.59 Å². The lowest BCUT2D eigenvalue weighted by molar-refractivity contribution is -0.120. The lowest BCUT2D eigenvalue weighted by atomic mass is 9.87. The van der Waals surface area contributed by atoms with Crippen LogP contribution < -0.4 is 10.7 Å². The Kier molecular flexibility index (Phi) is 8.21. The summed E-state index contributed by atoms with van der Waals surface area (Å²) in [6.45, 7) is 8.17. The Bertz CT molecular complexity index is 679. The summed E-state index contributed by atoms with van der Waals surface area (Å²) in [6, 6.07) is 7.82. The van der Waals surface area contributed by atoms with E-state index in [4.69, 9.17) is 0 Å². The SMILES string of the molecule is CC(CC(=O)NC1CCCCCCC1)=NNC(=O)c1ccc(C(C)(C)C)cc1. The van der Waals surface area contributed by atoms with Crippen molar-refractivity contribution in [1.82, 2.24) is 10.7 Å². The fourth-order valence-corrected chi connectivity index (χ4v) is 3.48. The molecule has 2 amide bonds. The Morgan fingerprint density at radius 3 is 2.14 bits per heavy atom. The van der Waals surface area contributed by atoms with Crippen LogP contribution in [0.2, 0.25) is 0 Å². The minimum absolute atomic E-state index is 0.0180. The maximum absolute atomic E-state index is 12.3. The molecular weight excluding hydrogens is 350 g/mol. The van der Waals surface area contributed by atoms with Gasteiger partial charge in [-0.15, -0.1) is 0 Å². The fourth-order valence-electron chi connectivity index (χ4n) is 3.48. The number of hydrogen-bond donors (Lipinski definition) is 2. The van der Waals surface area contributed by atoms with E-state index in [0.29, 0.717) is 11.3 Å². The van der Waals surface area contributed by atoms with Gasteiger partial charge in [0.25, 0.3) is 5.91 Å². The summed E-state index contributed by atoms with van der Waals surface area (Å²) >= 11 is 0. The zero-order chi connectivity index (χ0) is 20.6. The topological polar surface area (TPSA) is 70.6 Å². The average molecular weight is 386 g/mol. The molecule has 5 heteroatoms. The Morgan fingerprint density at radius 1 is 1.00 bits per heavy atom. The molecule has 0 atom stereocenters. The van der Waals surface area contributed by atoms with Crippen LogP contribution in [0.1, 0.15) is 95.0 Å². The van der Waals surface area contributed by atoms with E-state index in [-0.39, 0.29) is 29.7 Å². The third-order valence-corrected chi connectivity index (χ3v) is 5.25. The van der Waals surface area contributed by atoms with E-state index < -0.39 is 0 Å². The lowest BCUT2D eigenvalue weighted by Gasteiger charge is -2.21. The third kappa shape index (κ3) is 7.45. The van der Waals surface area contributed by atoms with Gasteiger partial charge in [0.2, 0.25) is 5.91 Å². The molecule has 0 unspecified atom stereocenters. The summed E-state index contributed by atoms with van der Waals surface area (Å²) < 4.78 is 0. The van der Waals surface area contributed by atoms with E-state index in [9.17, 15) is 9.59 Å². The largest absolute Gasteiger partial charge is 0.353 e. The molecule has 0 radical (unpaired) electrons. The molecule has 1 aromatic carbocycles. The fraction of sp³-hybridized carbons (Fsp3) is 0.609. The average Bonchev–Trinajstić information content (AvgIpc) is 2.61. The zero-order valence-corrected chi connectivity index (χ0v) is 17.8. The maximum Gasteiger partial charge on any atom is 0.271 e. The molecule has 0 aliphatic heterocycles. The van der Waals surface area contributed by atoms with Crippen LogP contribution in [0.15, 0.2) is 29.4 Å². The molecule has 5 nitrogen and oxygen atoms in total. The van der Waals surface area contributed by atoms with Crippen LogP contribution in [0.4, 0.5) is 0 Å². The minimum atomic E-state index is -0.264. The van der Waals surface area contributed by atoms with Crippen LogP contribution in [-0.4, -0.2) is 23.6 Å². The smallest absolute Gasteiger partial charge is 0.271 e. The van der Waals surface area contributed by atoms with Crippen molar-refractivity contribution in [2.45, 2.75) is 90.5 Å². The number of carbonyl (C=O) groups excluding carboxylic acids is 2. The quantitative estimate of drug-likeness (QED) is 0.569. The number of benzene rings is 1. The van der Waals surface area contributed by atoms with Crippen LogP contribution in [0.3, 0.4) is 0 Å². The van der Waals surface area contributed by atoms with Crippen LogP contribution >= 0.6 is 0 Å². The summed E-state index contributed by atoms with van der Waals surface area (Å²) in [5, 5.41) is 7.22. The molecule has 1 saturated carbocycles. The van der Waals surface area contributed by atoms with Gasteiger partial charge in [-0.3, -0.25) is 9.59 Å². The van der Waals surface area contributed by atoms with Crippen molar-refractivity contribution >= 4 is 17.5 Å². The number of rotatable bonds is 5. The Hall–Kier alpha value is -2.17. The highest BCUT2D eigenvalue weighted by Gasteiger charge is 2.16. The molecule has 28 heavy (non-hydrogen) atoms. The summed E-state index contributed by atoms with van der Waals surface area (Å²) in [4.78, 5) is 24.5. The monoisotopic (exact) mass is 385 g/mol. The van der Waals surface area contributed by atoms with Crippen molar-refractivity contribution in [2.75, 3.05) is 0 Å². The molecule has 1 aliphatic rings. The van der Waals surface area contributed by atoms with E-state index in [2.05, 4.69) is 36.6 Å². The number of carbonyl (C=O) groups is 2. The van der Waals surface area contributed by atoms with E-state index >= 15 is 0 Å². The first-order valence-electron chi connectivity index (χ1n) is 10.5. The molecule has 2 rings (SSSR count). The second-order valence-corrected chi connectivity index (χ2v) is 8.90. The highest BCUT2D eigenvalue weighted by molar-refractivity contribution is 6.01. The number of nitrogens with one attached hydrogen (secondary N) is 2. The second kappa shape index (κ2) is 10.4. The van der Waals surface area contributed by atoms with E-state index in [0.717, 1.165) is 12.8 Å². The molecule has 0 aromatic heterocycles. The Labute approximate surface area is 169 Å². The Morgan fingerprint density at radius 2 is 1.57 bits per heavy atom. The highest BCUT2D eigenvalue weighted by Crippen LogP contribution is 2.22. The Balaban J connectivity index is 1.82. The lowest BCUT2D eigenvalue weighted by Crippen LogP contribution is -2.36. The van der Waals surface area contributed by atoms with E-state index in [1.807, 2.05) is 24.3 Å². The van der Waals surface area contributed by atoms with Gasteiger partial charge in [-0.25, -0.2) is 5.43 Å². The van der Waals surface area contributed by atoms with Crippen molar-refractivity contribution in [3.63, 3.8) is 0 Å². The molecule has 154 valence electrons. The molecule has 0 spiro atoms. The zero-order valence-electron chi connectivity index (χ0n) is 17.8. The third-order valence-electron chi connectivity index (χ3n) is 5.25. The van der Waals surface area contributed by atoms with Gasteiger partial charge in [-0.2, -0.15) is 5.10 Å². The number of hydrazone groups is 1. The van der Waals surface area contributed by atoms with Gasteiger partial charge in [-0.1, -0.05) is 65.0 Å². The summed E-state index contributed by atoms with van der Waals surface area (Å²) in [5.74, 6) is -0.282. The molecular formula is C23H35N3O2. The van der Waals surface area contributed by atoms with Crippen LogP contribution in [0.5, 0.6) is 0 Å². The van der Waals surface area contributed by atoms with Crippen LogP contribution in [-0.2, 0) is 10.2 Å². The number of hydrogen-bond acceptors (Lipinski definition) is 3. The molecule has 0 bridgehead atoms. The molecule has 2 N–H and O–H groups in total. The standard InChI is InChI=1S/C23H35N3O2/c1-17(16-21(27)24-20-10-8-6-5-7-9-11-20)25-26-22(28)18-12-14-19(15-13-18)23(2,3)4/h12-15,20H,5-11,16H2,1-4H3,(H,24,27)(H,26,28). The first-order chi connectivity index (χ1) is 13.3. The van der Waals surface area contributed by atoms with Gasteiger partial charge >= 0.3 is 0 Å². The predicted octanol–water partition coefficient (Wildman–Crippen LogP) is 4.71.